The summed E-state index contributed by atoms with van der Waals surface area (Å²) in [5.74, 6) is -0.0713. The van der Waals surface area contributed by atoms with Gasteiger partial charge in [0.25, 0.3) is 0 Å². The lowest BCUT2D eigenvalue weighted by Gasteiger charge is -2.34. The van der Waals surface area contributed by atoms with Crippen LogP contribution in [0.1, 0.15) is 18.9 Å². The van der Waals surface area contributed by atoms with Crippen LogP contribution in [0, 0.1) is 0 Å². The zero-order valence-corrected chi connectivity index (χ0v) is 12.6. The van der Waals surface area contributed by atoms with E-state index in [0.717, 1.165) is 16.5 Å². The first-order chi connectivity index (χ1) is 10.7. The number of nitrogens with zero attached hydrogens (tertiary/aromatic N) is 2. The number of carbonyl (C=O) groups is 2. The largest absolute Gasteiger partial charge is 0.353 e. The van der Waals surface area contributed by atoms with E-state index >= 15 is 0 Å². The van der Waals surface area contributed by atoms with Crippen LogP contribution in [0.25, 0.3) is 10.9 Å². The fourth-order valence-corrected chi connectivity index (χ4v) is 2.99. The topological polar surface area (TPSA) is 62.3 Å². The molecule has 0 aliphatic carbocycles. The molecule has 2 amide bonds. The molecule has 5 heteroatoms. The monoisotopic (exact) mass is 297 g/mol. The van der Waals surface area contributed by atoms with Gasteiger partial charge in [0.05, 0.1) is 11.9 Å². The third kappa shape index (κ3) is 2.66. The maximum atomic E-state index is 12.6. The average molecular weight is 297 g/mol. The van der Waals surface area contributed by atoms with E-state index in [9.17, 15) is 9.59 Å². The van der Waals surface area contributed by atoms with Gasteiger partial charge in [0.15, 0.2) is 0 Å². The molecule has 1 atom stereocenters. The van der Waals surface area contributed by atoms with Gasteiger partial charge in [0.2, 0.25) is 11.8 Å². The fourth-order valence-electron chi connectivity index (χ4n) is 2.99. The van der Waals surface area contributed by atoms with Gasteiger partial charge in [0, 0.05) is 24.7 Å². The van der Waals surface area contributed by atoms with Gasteiger partial charge in [-0.15, -0.1) is 0 Å². The van der Waals surface area contributed by atoms with Crippen LogP contribution < -0.4 is 5.32 Å². The van der Waals surface area contributed by atoms with Gasteiger partial charge in [-0.05, 0) is 18.1 Å². The second kappa shape index (κ2) is 6.13. The Morgan fingerprint density at radius 1 is 1.36 bits per heavy atom. The third-order valence-electron chi connectivity index (χ3n) is 4.10. The molecule has 2 aromatic rings. The van der Waals surface area contributed by atoms with Gasteiger partial charge in [-0.3, -0.25) is 14.6 Å². The van der Waals surface area contributed by atoms with E-state index in [0.29, 0.717) is 19.5 Å². The molecule has 1 aliphatic rings. The van der Waals surface area contributed by atoms with Crippen molar-refractivity contribution >= 4 is 22.7 Å². The number of hydrogen-bond donors (Lipinski definition) is 1. The summed E-state index contributed by atoms with van der Waals surface area (Å²) in [7, 11) is 0. The number of hydrogen-bond acceptors (Lipinski definition) is 3. The summed E-state index contributed by atoms with van der Waals surface area (Å²) in [5.41, 5.74) is 1.76. The molecular weight excluding hydrogens is 278 g/mol. The van der Waals surface area contributed by atoms with Gasteiger partial charge in [-0.25, -0.2) is 0 Å². The molecule has 1 aromatic heterocycles. The molecule has 0 spiro atoms. The van der Waals surface area contributed by atoms with E-state index in [1.54, 1.807) is 11.1 Å². The summed E-state index contributed by atoms with van der Waals surface area (Å²) in [6.07, 6.45) is 2.64. The lowest BCUT2D eigenvalue weighted by atomic mass is 10.0. The molecule has 0 bridgehead atoms. The minimum atomic E-state index is -0.357. The number of carbonyl (C=O) groups excluding carboxylic acids is 2. The van der Waals surface area contributed by atoms with Crippen LogP contribution >= 0.6 is 0 Å². The van der Waals surface area contributed by atoms with E-state index in [1.807, 2.05) is 37.3 Å². The van der Waals surface area contributed by atoms with Crippen LogP contribution in [0.4, 0.5) is 0 Å². The highest BCUT2D eigenvalue weighted by Gasteiger charge is 2.31. The van der Waals surface area contributed by atoms with Gasteiger partial charge in [-0.1, -0.05) is 31.2 Å². The fraction of sp³-hybridized carbons (Fsp3) is 0.353. The Labute approximate surface area is 129 Å². The van der Waals surface area contributed by atoms with Gasteiger partial charge in [-0.2, -0.15) is 0 Å². The van der Waals surface area contributed by atoms with Crippen LogP contribution in [0.5, 0.6) is 0 Å². The van der Waals surface area contributed by atoms with Gasteiger partial charge < -0.3 is 10.2 Å². The molecule has 114 valence electrons. The van der Waals surface area contributed by atoms with Crippen LogP contribution in [0.15, 0.2) is 36.5 Å². The molecule has 1 saturated heterocycles. The lowest BCUT2D eigenvalue weighted by molar-refractivity contribution is -0.142. The second-order valence-corrected chi connectivity index (χ2v) is 5.47. The van der Waals surface area contributed by atoms with Crippen LogP contribution in [0.2, 0.25) is 0 Å². The quantitative estimate of drug-likeness (QED) is 0.934. The summed E-state index contributed by atoms with van der Waals surface area (Å²) < 4.78 is 0. The Bertz CT molecular complexity index is 709. The molecule has 1 fully saturated rings. The number of nitrogens with one attached hydrogen (secondary N) is 1. The van der Waals surface area contributed by atoms with Gasteiger partial charge in [0.1, 0.15) is 6.04 Å². The summed E-state index contributed by atoms with van der Waals surface area (Å²) in [5, 5.41) is 3.84. The predicted molar refractivity (Wildman–Crippen MR) is 84.2 cm³/mol. The summed E-state index contributed by atoms with van der Waals surface area (Å²) in [6, 6.07) is 9.37. The van der Waals surface area contributed by atoms with E-state index in [-0.39, 0.29) is 24.3 Å². The first-order valence-electron chi connectivity index (χ1n) is 7.60. The van der Waals surface area contributed by atoms with E-state index in [1.165, 1.54) is 0 Å². The Morgan fingerprint density at radius 3 is 3.00 bits per heavy atom. The number of para-hydroxylation sites is 1. The second-order valence-electron chi connectivity index (χ2n) is 5.47. The Balaban J connectivity index is 1.85. The van der Waals surface area contributed by atoms with E-state index in [4.69, 9.17) is 0 Å². The Morgan fingerprint density at radius 2 is 2.18 bits per heavy atom. The van der Waals surface area contributed by atoms with Crippen molar-refractivity contribution in [2.75, 3.05) is 13.1 Å². The maximum Gasteiger partial charge on any atom is 0.242 e. The average Bonchev–Trinajstić information content (AvgIpc) is 2.55. The molecular formula is C17H19N3O2. The number of piperazine rings is 1. The van der Waals surface area contributed by atoms with Crippen molar-refractivity contribution in [2.45, 2.75) is 25.8 Å². The molecule has 1 unspecified atom stereocenters. The number of fused-ring (bicyclic) bond motifs is 1. The first-order valence-corrected chi connectivity index (χ1v) is 7.60. The zero-order chi connectivity index (χ0) is 15.5. The van der Waals surface area contributed by atoms with E-state index < -0.39 is 0 Å². The summed E-state index contributed by atoms with van der Waals surface area (Å²) in [6.45, 7) is 3.02. The van der Waals surface area contributed by atoms with Crippen LogP contribution in [0.3, 0.4) is 0 Å². The molecule has 0 radical (unpaired) electrons. The SMILES string of the molecule is CCC1C(=O)NCCN1C(=O)Cc1cccc2cccnc12. The number of aromatic nitrogens is 1. The summed E-state index contributed by atoms with van der Waals surface area (Å²) in [4.78, 5) is 30.6. The van der Waals surface area contributed by atoms with Crippen LogP contribution in [-0.4, -0.2) is 40.8 Å². The van der Waals surface area contributed by atoms with E-state index in [2.05, 4.69) is 10.3 Å². The van der Waals surface area contributed by atoms with Crippen molar-refractivity contribution in [2.24, 2.45) is 0 Å². The standard InChI is InChI=1S/C17H19N3O2/c1-2-14-17(22)19-9-10-20(14)15(21)11-13-6-3-5-12-7-4-8-18-16(12)13/h3-8,14H,2,9-11H2,1H3,(H,19,22). The summed E-state index contributed by atoms with van der Waals surface area (Å²) >= 11 is 0. The highest BCUT2D eigenvalue weighted by molar-refractivity contribution is 5.92. The van der Waals surface area contributed by atoms with Crippen molar-refractivity contribution in [1.82, 2.24) is 15.2 Å². The van der Waals surface area contributed by atoms with Crippen molar-refractivity contribution in [3.8, 4) is 0 Å². The molecule has 0 saturated carbocycles. The smallest absolute Gasteiger partial charge is 0.242 e. The Kier molecular flexibility index (Phi) is 4.04. The zero-order valence-electron chi connectivity index (χ0n) is 12.6. The third-order valence-corrected chi connectivity index (χ3v) is 4.10. The van der Waals surface area contributed by atoms with Gasteiger partial charge >= 0.3 is 0 Å². The molecule has 1 aliphatic heterocycles. The van der Waals surface area contributed by atoms with Crippen molar-refractivity contribution in [1.29, 1.82) is 0 Å². The maximum absolute atomic E-state index is 12.6. The minimum Gasteiger partial charge on any atom is -0.353 e. The van der Waals surface area contributed by atoms with Crippen molar-refractivity contribution < 1.29 is 9.59 Å². The van der Waals surface area contributed by atoms with Crippen LogP contribution in [-0.2, 0) is 16.0 Å². The Hall–Kier alpha value is -2.43. The minimum absolute atomic E-state index is 0.0140. The number of pyridine rings is 1. The molecule has 1 N–H and O–H groups in total. The number of amides is 2. The molecule has 2 heterocycles. The number of rotatable bonds is 3. The molecule has 1 aromatic carbocycles. The number of benzene rings is 1. The molecule has 3 rings (SSSR count). The van der Waals surface area contributed by atoms with Crippen molar-refractivity contribution in [3.63, 3.8) is 0 Å². The lowest BCUT2D eigenvalue weighted by Crippen LogP contribution is -2.57. The normalized spacial score (nSPS) is 18.3. The highest BCUT2D eigenvalue weighted by Crippen LogP contribution is 2.18. The highest BCUT2D eigenvalue weighted by atomic mass is 16.2. The first kappa shape index (κ1) is 14.5. The van der Waals surface area contributed by atoms with Crippen molar-refractivity contribution in [3.05, 3.63) is 42.1 Å². The molecule has 5 nitrogen and oxygen atoms in total. The predicted octanol–water partition coefficient (Wildman–Crippen LogP) is 1.51. The molecule has 22 heavy (non-hydrogen) atoms.